The number of nitrogens with zero attached hydrogens (tertiary/aromatic N) is 4. The van der Waals surface area contributed by atoms with Crippen molar-refractivity contribution in [2.75, 3.05) is 4.90 Å². The molecule has 44 heavy (non-hydrogen) atoms. The van der Waals surface area contributed by atoms with E-state index in [0.717, 1.165) is 12.8 Å². The molecule has 0 radical (unpaired) electrons. The fourth-order valence-electron chi connectivity index (χ4n) is 14.8. The first-order chi connectivity index (χ1) is 21.7. The standard InChI is InChI=1S/C38H50N4O2/c43-37-26-13-6-4-12-23(26)25-18-20-31-36-33(25)40(37)29-16-8-15-28-34(29)42(36)35-30(39(28)21-9-2-1-3-10-21)19-17-24-22-11-5-7-14-27(22)38(44)41(31)32(24)35/h1-3,9-10,22-36H,4-8,11-20H2. The highest BCUT2D eigenvalue weighted by Crippen LogP contribution is 2.62. The average molecular weight is 595 g/mol. The molecule has 15 atom stereocenters. The number of fused-ring (bicyclic) bond motifs is 6. The lowest BCUT2D eigenvalue weighted by Gasteiger charge is -2.78. The predicted molar refractivity (Wildman–Crippen MR) is 169 cm³/mol. The van der Waals surface area contributed by atoms with E-state index in [4.69, 9.17) is 0 Å². The number of benzene rings is 1. The SMILES string of the molecule is O=C1C2CCCCC2C2CCC3C4C2N1C1CCCC2C1N4C1C4C(CCC1N2c1ccccc1)C1CCCCC1C(=O)N34. The molecular formula is C38H50N4O2. The maximum Gasteiger partial charge on any atom is 0.226 e. The van der Waals surface area contributed by atoms with Crippen molar-refractivity contribution in [2.45, 2.75) is 151 Å². The maximum absolute atomic E-state index is 14.9. The largest absolute Gasteiger partial charge is 0.362 e. The Labute approximate surface area is 262 Å². The van der Waals surface area contributed by atoms with Crippen molar-refractivity contribution in [2.24, 2.45) is 35.5 Å². The molecule has 6 nitrogen and oxygen atoms in total. The number of rotatable bonds is 1. The number of hydrogen-bond acceptors (Lipinski definition) is 4. The second kappa shape index (κ2) is 9.26. The van der Waals surface area contributed by atoms with Crippen LogP contribution < -0.4 is 4.90 Å². The second-order valence-electron chi connectivity index (χ2n) is 16.9. The lowest BCUT2D eigenvalue weighted by atomic mass is 9.53. The fourth-order valence-corrected chi connectivity index (χ4v) is 14.8. The summed E-state index contributed by atoms with van der Waals surface area (Å²) < 4.78 is 0. The summed E-state index contributed by atoms with van der Waals surface area (Å²) in [6, 6.07) is 14.7. The highest BCUT2D eigenvalue weighted by molar-refractivity contribution is 5.83. The first kappa shape index (κ1) is 26.0. The first-order valence-electron chi connectivity index (χ1n) is 19.0. The lowest BCUT2D eigenvalue weighted by Crippen LogP contribution is -2.92. The van der Waals surface area contributed by atoms with E-state index in [2.05, 4.69) is 49.9 Å². The zero-order valence-corrected chi connectivity index (χ0v) is 26.3. The van der Waals surface area contributed by atoms with Gasteiger partial charge in [-0.05, 0) is 106 Å². The zero-order valence-electron chi connectivity index (χ0n) is 26.3. The minimum Gasteiger partial charge on any atom is -0.362 e. The van der Waals surface area contributed by atoms with Gasteiger partial charge in [0, 0.05) is 41.7 Å². The molecule has 5 heterocycles. The number of piperidine rings is 2. The van der Waals surface area contributed by atoms with Gasteiger partial charge >= 0.3 is 0 Å². The van der Waals surface area contributed by atoms with Gasteiger partial charge in [0.25, 0.3) is 0 Å². The number of carbonyl (C=O) groups excluding carboxylic acids is 2. The minimum absolute atomic E-state index is 0.255. The summed E-state index contributed by atoms with van der Waals surface area (Å²) in [7, 11) is 0. The van der Waals surface area contributed by atoms with Gasteiger partial charge in [0.05, 0.1) is 30.2 Å². The van der Waals surface area contributed by atoms with Crippen LogP contribution >= 0.6 is 0 Å². The number of hydrogen-bond donors (Lipinski definition) is 0. The molecule has 5 aliphatic heterocycles. The van der Waals surface area contributed by atoms with Crippen molar-refractivity contribution >= 4 is 17.5 Å². The number of anilines is 1. The molecule has 1 aromatic carbocycles. The third kappa shape index (κ3) is 3.09. The van der Waals surface area contributed by atoms with E-state index >= 15 is 0 Å². The van der Waals surface area contributed by atoms with E-state index in [1.807, 2.05) is 0 Å². The van der Waals surface area contributed by atoms with Crippen LogP contribution in [0.5, 0.6) is 0 Å². The molecule has 5 saturated heterocycles. The van der Waals surface area contributed by atoms with Crippen LogP contribution in [0.1, 0.15) is 96.3 Å². The summed E-state index contributed by atoms with van der Waals surface area (Å²) in [5, 5.41) is 0. The molecule has 0 N–H and O–H groups in total. The lowest BCUT2D eigenvalue weighted by molar-refractivity contribution is -0.251. The van der Waals surface area contributed by atoms with Crippen LogP contribution in [0.3, 0.4) is 0 Å². The van der Waals surface area contributed by atoms with Crippen molar-refractivity contribution in [1.82, 2.24) is 14.7 Å². The Bertz CT molecular complexity index is 1370. The molecule has 0 aromatic heterocycles. The van der Waals surface area contributed by atoms with Crippen LogP contribution in [0.15, 0.2) is 30.3 Å². The summed E-state index contributed by atoms with van der Waals surface area (Å²) in [5.74, 6) is 4.02. The van der Waals surface area contributed by atoms with Crippen molar-refractivity contribution in [1.29, 1.82) is 0 Å². The molecule has 10 aliphatic rings. The van der Waals surface area contributed by atoms with Crippen LogP contribution in [-0.4, -0.2) is 80.9 Å². The molecule has 6 heteroatoms. The smallest absolute Gasteiger partial charge is 0.226 e. The van der Waals surface area contributed by atoms with Gasteiger partial charge in [0.2, 0.25) is 11.8 Å². The Hall–Kier alpha value is -2.08. The molecule has 2 amide bonds. The summed E-state index contributed by atoms with van der Waals surface area (Å²) in [4.78, 5) is 41.0. The van der Waals surface area contributed by atoms with Gasteiger partial charge in [-0.3, -0.25) is 14.5 Å². The zero-order chi connectivity index (χ0) is 28.8. The molecule has 5 saturated carbocycles. The van der Waals surface area contributed by atoms with Crippen LogP contribution in [0.25, 0.3) is 0 Å². The van der Waals surface area contributed by atoms with E-state index < -0.39 is 0 Å². The number of carbonyl (C=O) groups is 2. The molecular weight excluding hydrogens is 544 g/mol. The molecule has 234 valence electrons. The molecule has 10 fully saturated rings. The fraction of sp³-hybridized carbons (Fsp3) is 0.789. The van der Waals surface area contributed by atoms with Crippen molar-refractivity contribution in [3.63, 3.8) is 0 Å². The average Bonchev–Trinajstić information content (AvgIpc) is 3.08. The van der Waals surface area contributed by atoms with Crippen molar-refractivity contribution in [3.8, 4) is 0 Å². The summed E-state index contributed by atoms with van der Waals surface area (Å²) in [5.41, 5.74) is 1.38. The van der Waals surface area contributed by atoms with Gasteiger partial charge in [0.1, 0.15) is 0 Å². The Kier molecular flexibility index (Phi) is 5.48. The topological polar surface area (TPSA) is 47.1 Å². The first-order valence-corrected chi connectivity index (χ1v) is 19.0. The summed E-state index contributed by atoms with van der Waals surface area (Å²) in [6.07, 6.45) is 18.4. The third-order valence-corrected chi connectivity index (χ3v) is 15.8. The van der Waals surface area contributed by atoms with Crippen LogP contribution in [0, 0.1) is 35.5 Å². The van der Waals surface area contributed by atoms with Gasteiger partial charge in [-0.1, -0.05) is 43.9 Å². The second-order valence-corrected chi connectivity index (χ2v) is 16.9. The maximum atomic E-state index is 14.9. The number of piperazine rings is 3. The van der Waals surface area contributed by atoms with Crippen LogP contribution in [0.4, 0.5) is 5.69 Å². The van der Waals surface area contributed by atoms with E-state index in [9.17, 15) is 9.59 Å². The Morgan fingerprint density at radius 1 is 0.432 bits per heavy atom. The van der Waals surface area contributed by atoms with Crippen LogP contribution in [-0.2, 0) is 9.59 Å². The Morgan fingerprint density at radius 3 is 1.52 bits per heavy atom. The Morgan fingerprint density at radius 2 is 0.932 bits per heavy atom. The summed E-state index contributed by atoms with van der Waals surface area (Å²) in [6.45, 7) is 0. The molecule has 0 spiro atoms. The molecule has 5 aliphatic carbocycles. The van der Waals surface area contributed by atoms with Crippen molar-refractivity contribution < 1.29 is 9.59 Å². The number of para-hydroxylation sites is 1. The van der Waals surface area contributed by atoms with E-state index in [1.165, 1.54) is 89.2 Å². The quantitative estimate of drug-likeness (QED) is 0.434. The highest BCUT2D eigenvalue weighted by atomic mass is 16.2. The molecule has 15 unspecified atom stereocenters. The van der Waals surface area contributed by atoms with Gasteiger partial charge < -0.3 is 14.7 Å². The third-order valence-electron chi connectivity index (χ3n) is 15.8. The minimum atomic E-state index is 0.255. The number of amides is 2. The summed E-state index contributed by atoms with van der Waals surface area (Å²) >= 11 is 0. The van der Waals surface area contributed by atoms with Gasteiger partial charge in [-0.15, -0.1) is 0 Å². The Balaban J connectivity index is 1.12. The van der Waals surface area contributed by atoms with E-state index in [-0.39, 0.29) is 11.8 Å². The monoisotopic (exact) mass is 594 g/mol. The highest BCUT2D eigenvalue weighted by Gasteiger charge is 2.73. The van der Waals surface area contributed by atoms with E-state index in [1.54, 1.807) is 0 Å². The molecule has 11 rings (SSSR count). The molecule has 0 bridgehead atoms. The van der Waals surface area contributed by atoms with E-state index in [0.29, 0.717) is 89.9 Å². The van der Waals surface area contributed by atoms with Gasteiger partial charge in [0.15, 0.2) is 0 Å². The van der Waals surface area contributed by atoms with Gasteiger partial charge in [-0.2, -0.15) is 0 Å². The molecule has 1 aromatic rings. The normalized spacial score (nSPS) is 51.7. The predicted octanol–water partition coefficient (Wildman–Crippen LogP) is 5.45. The van der Waals surface area contributed by atoms with Crippen molar-refractivity contribution in [3.05, 3.63) is 30.3 Å². The van der Waals surface area contributed by atoms with Gasteiger partial charge in [-0.25, -0.2) is 0 Å². The van der Waals surface area contributed by atoms with Crippen LogP contribution in [0.2, 0.25) is 0 Å².